The van der Waals surface area contributed by atoms with E-state index in [-0.39, 0.29) is 35.2 Å². The summed E-state index contributed by atoms with van der Waals surface area (Å²) >= 11 is 7.10. The molecule has 0 aromatic heterocycles. The van der Waals surface area contributed by atoms with E-state index in [1.165, 1.54) is 17.0 Å². The maximum atomic E-state index is 13.5. The van der Waals surface area contributed by atoms with Crippen LogP contribution in [0.15, 0.2) is 89.5 Å². The fourth-order valence-electron chi connectivity index (χ4n) is 3.69. The van der Waals surface area contributed by atoms with Crippen LogP contribution < -0.4 is 10.2 Å². The predicted octanol–water partition coefficient (Wildman–Crippen LogP) is 4.99. The minimum atomic E-state index is -0.692. The van der Waals surface area contributed by atoms with E-state index in [2.05, 4.69) is 5.32 Å². The Labute approximate surface area is 216 Å². The van der Waals surface area contributed by atoms with Crippen LogP contribution in [-0.2, 0) is 22.6 Å². The largest absolute Gasteiger partial charge is 0.347 e. The molecule has 2 amide bonds. The van der Waals surface area contributed by atoms with E-state index in [0.29, 0.717) is 16.3 Å². The van der Waals surface area contributed by atoms with Crippen molar-refractivity contribution in [1.82, 2.24) is 5.32 Å². The minimum absolute atomic E-state index is 0.0775. The van der Waals surface area contributed by atoms with Gasteiger partial charge in [0.15, 0.2) is 0 Å². The van der Waals surface area contributed by atoms with Crippen LogP contribution in [0.4, 0.5) is 11.4 Å². The molecule has 0 saturated carbocycles. The summed E-state index contributed by atoms with van der Waals surface area (Å²) in [7, 11) is 0. The number of carbonyl (C=O) groups excluding carboxylic acids is 2. The highest BCUT2D eigenvalue weighted by molar-refractivity contribution is 8.05. The molecular formula is C26H19ClN4O4S. The molecule has 0 spiro atoms. The predicted molar refractivity (Wildman–Crippen MR) is 138 cm³/mol. The van der Waals surface area contributed by atoms with Crippen molar-refractivity contribution < 1.29 is 14.5 Å². The minimum Gasteiger partial charge on any atom is -0.347 e. The summed E-state index contributed by atoms with van der Waals surface area (Å²) in [4.78, 5) is 38.5. The Hall–Kier alpha value is -4.13. The number of nitrogens with one attached hydrogen (secondary N) is 1. The van der Waals surface area contributed by atoms with Crippen LogP contribution in [0.2, 0.25) is 5.02 Å². The summed E-state index contributed by atoms with van der Waals surface area (Å²) in [6.45, 7) is 0.217. The highest BCUT2D eigenvalue weighted by atomic mass is 35.5. The van der Waals surface area contributed by atoms with E-state index in [1.807, 2.05) is 36.4 Å². The summed E-state index contributed by atoms with van der Waals surface area (Å²) in [6, 6.07) is 23.8. The molecule has 10 heteroatoms. The molecule has 1 fully saturated rings. The zero-order valence-electron chi connectivity index (χ0n) is 18.8. The zero-order chi connectivity index (χ0) is 25.7. The first-order valence-electron chi connectivity index (χ1n) is 10.8. The zero-order valence-corrected chi connectivity index (χ0v) is 20.3. The maximum absolute atomic E-state index is 13.5. The van der Waals surface area contributed by atoms with Crippen molar-refractivity contribution in [3.05, 3.63) is 116 Å². The Balaban J connectivity index is 1.67. The number of anilines is 1. The van der Waals surface area contributed by atoms with Crippen molar-refractivity contribution in [2.75, 3.05) is 4.90 Å². The molecule has 8 nitrogen and oxygen atoms in total. The topological polar surface area (TPSA) is 116 Å². The number of amides is 2. The summed E-state index contributed by atoms with van der Waals surface area (Å²) in [5.41, 5.74) is 1.64. The number of hydrogen-bond donors (Lipinski definition) is 1. The van der Waals surface area contributed by atoms with Crippen LogP contribution in [0.5, 0.6) is 0 Å². The van der Waals surface area contributed by atoms with Crippen LogP contribution in [0, 0.1) is 21.4 Å². The lowest BCUT2D eigenvalue weighted by Gasteiger charge is -2.19. The number of nitro groups is 1. The molecule has 0 bridgehead atoms. The maximum Gasteiger partial charge on any atom is 0.269 e. The van der Waals surface area contributed by atoms with Gasteiger partial charge in [-0.1, -0.05) is 65.8 Å². The molecule has 4 rings (SSSR count). The summed E-state index contributed by atoms with van der Waals surface area (Å²) in [6.07, 6.45) is 0.184. The van der Waals surface area contributed by atoms with E-state index in [0.717, 1.165) is 17.3 Å². The monoisotopic (exact) mass is 518 g/mol. The smallest absolute Gasteiger partial charge is 0.269 e. The highest BCUT2D eigenvalue weighted by Gasteiger charge is 2.41. The van der Waals surface area contributed by atoms with Crippen LogP contribution >= 0.6 is 23.4 Å². The van der Waals surface area contributed by atoms with Gasteiger partial charge < -0.3 is 5.32 Å². The van der Waals surface area contributed by atoms with Gasteiger partial charge >= 0.3 is 0 Å². The van der Waals surface area contributed by atoms with Crippen molar-refractivity contribution in [2.45, 2.75) is 18.2 Å². The van der Waals surface area contributed by atoms with Gasteiger partial charge in [0.2, 0.25) is 5.91 Å². The Morgan fingerprint density at radius 1 is 1.08 bits per heavy atom. The molecule has 0 aliphatic carbocycles. The van der Waals surface area contributed by atoms with Crippen molar-refractivity contribution in [2.24, 2.45) is 0 Å². The number of nitriles is 1. The van der Waals surface area contributed by atoms with Gasteiger partial charge in [-0.3, -0.25) is 24.6 Å². The van der Waals surface area contributed by atoms with Crippen molar-refractivity contribution >= 4 is 46.6 Å². The Morgan fingerprint density at radius 3 is 2.44 bits per heavy atom. The first-order chi connectivity index (χ1) is 17.4. The lowest BCUT2D eigenvalue weighted by molar-refractivity contribution is -0.384. The molecular weight excluding hydrogens is 500 g/mol. The summed E-state index contributed by atoms with van der Waals surface area (Å²) in [5, 5.41) is 23.8. The molecule has 1 aliphatic rings. The molecule has 3 aromatic carbocycles. The summed E-state index contributed by atoms with van der Waals surface area (Å²) in [5.74, 6) is -0.945. The van der Waals surface area contributed by atoms with Crippen molar-refractivity contribution in [3.8, 4) is 6.07 Å². The third-order valence-electron chi connectivity index (χ3n) is 5.43. The fraction of sp³-hybridized carbons (Fsp3) is 0.115. The quantitative estimate of drug-likeness (QED) is 0.204. The normalized spacial score (nSPS) is 16.4. The van der Waals surface area contributed by atoms with Gasteiger partial charge in [-0.15, -0.1) is 0 Å². The SMILES string of the molecule is N#C/C(C(=O)NCc1ccccc1)=C1/S[C@H](Cc2cccc([N+](=O)[O-])c2)C(=O)N1c1ccc(Cl)cc1. The average molecular weight is 519 g/mol. The van der Waals surface area contributed by atoms with Crippen molar-refractivity contribution in [3.63, 3.8) is 0 Å². The van der Waals surface area contributed by atoms with E-state index < -0.39 is 16.1 Å². The van der Waals surface area contributed by atoms with Gasteiger partial charge in [0.05, 0.1) is 10.2 Å². The molecule has 1 heterocycles. The molecule has 36 heavy (non-hydrogen) atoms. The number of benzene rings is 3. The number of nitro benzene ring substituents is 1. The Bertz CT molecular complexity index is 1390. The van der Waals surface area contributed by atoms with E-state index >= 15 is 0 Å². The average Bonchev–Trinajstić information content (AvgIpc) is 3.19. The third kappa shape index (κ3) is 5.57. The standard InChI is InChI=1S/C26H19ClN4O4S/c27-19-9-11-20(12-10-19)30-25(33)23(14-18-7-4-8-21(13-18)31(34)35)36-26(30)22(15-28)24(32)29-16-17-5-2-1-3-6-17/h1-13,23H,14,16H2,(H,29,32)/b26-22-/t23-/m1/s1. The molecule has 3 aromatic rings. The number of thioether (sulfide) groups is 1. The lowest BCUT2D eigenvalue weighted by atomic mass is 10.1. The summed E-state index contributed by atoms with van der Waals surface area (Å²) < 4.78 is 0. The van der Waals surface area contributed by atoms with Gasteiger partial charge in [-0.05, 0) is 41.8 Å². The van der Waals surface area contributed by atoms with Crippen molar-refractivity contribution in [1.29, 1.82) is 5.26 Å². The van der Waals surface area contributed by atoms with Crippen LogP contribution in [0.25, 0.3) is 0 Å². The second-order valence-electron chi connectivity index (χ2n) is 7.85. The number of carbonyl (C=O) groups is 2. The highest BCUT2D eigenvalue weighted by Crippen LogP contribution is 2.42. The number of non-ortho nitro benzene ring substituents is 1. The second-order valence-corrected chi connectivity index (χ2v) is 9.48. The number of halogens is 1. The van der Waals surface area contributed by atoms with Crippen LogP contribution in [0.3, 0.4) is 0 Å². The molecule has 1 aliphatic heterocycles. The number of hydrogen-bond acceptors (Lipinski definition) is 6. The van der Waals surface area contributed by atoms with E-state index in [1.54, 1.807) is 36.4 Å². The molecule has 1 atom stereocenters. The Kier molecular flexibility index (Phi) is 7.68. The number of nitrogens with zero attached hydrogens (tertiary/aromatic N) is 3. The van der Waals surface area contributed by atoms with E-state index in [4.69, 9.17) is 11.6 Å². The van der Waals surface area contributed by atoms with E-state index in [9.17, 15) is 25.0 Å². The fourth-order valence-corrected chi connectivity index (χ4v) is 5.12. The lowest BCUT2D eigenvalue weighted by Crippen LogP contribution is -2.32. The van der Waals surface area contributed by atoms with Gasteiger partial charge in [0.25, 0.3) is 11.6 Å². The molecule has 1 N–H and O–H groups in total. The van der Waals surface area contributed by atoms with Crippen LogP contribution in [0.1, 0.15) is 11.1 Å². The van der Waals surface area contributed by atoms with Gasteiger partial charge in [0.1, 0.15) is 16.7 Å². The number of rotatable bonds is 7. The van der Waals surface area contributed by atoms with Crippen LogP contribution in [-0.4, -0.2) is 22.0 Å². The first kappa shape index (κ1) is 25.0. The third-order valence-corrected chi connectivity index (χ3v) is 6.94. The molecule has 0 unspecified atom stereocenters. The first-order valence-corrected chi connectivity index (χ1v) is 12.1. The second kappa shape index (κ2) is 11.1. The Morgan fingerprint density at radius 2 is 1.78 bits per heavy atom. The van der Waals surface area contributed by atoms with Gasteiger partial charge in [-0.25, -0.2) is 0 Å². The molecule has 0 radical (unpaired) electrons. The van der Waals surface area contributed by atoms with Gasteiger partial charge in [-0.2, -0.15) is 5.26 Å². The molecule has 180 valence electrons. The van der Waals surface area contributed by atoms with Gasteiger partial charge in [0, 0.05) is 29.4 Å². The molecule has 1 saturated heterocycles.